The third kappa shape index (κ3) is 3.05. The molecule has 0 fully saturated rings. The number of sulfonamides is 1. The van der Waals surface area contributed by atoms with Gasteiger partial charge in [-0.1, -0.05) is 6.92 Å². The summed E-state index contributed by atoms with van der Waals surface area (Å²) in [6.07, 6.45) is 3.68. The van der Waals surface area contributed by atoms with Crippen molar-refractivity contribution in [3.8, 4) is 0 Å². The molecule has 0 aliphatic rings. The Kier molecular flexibility index (Phi) is 4.18. The largest absolute Gasteiger partial charge is 0.369 e. The van der Waals surface area contributed by atoms with Crippen molar-refractivity contribution in [2.45, 2.75) is 18.2 Å². The number of pyridine rings is 1. The summed E-state index contributed by atoms with van der Waals surface area (Å²) in [7, 11) is -2.16. The van der Waals surface area contributed by atoms with Crippen molar-refractivity contribution >= 4 is 21.8 Å². The number of nitrogens with zero attached hydrogens (tertiary/aromatic N) is 4. The first-order valence-electron chi connectivity index (χ1n) is 6.10. The molecule has 0 aromatic carbocycles. The lowest BCUT2D eigenvalue weighted by atomic mass is 10.4. The summed E-state index contributed by atoms with van der Waals surface area (Å²) in [5.74, 6) is 0.472. The monoisotopic (exact) mass is 296 g/mol. The van der Waals surface area contributed by atoms with Gasteiger partial charge >= 0.3 is 0 Å². The van der Waals surface area contributed by atoms with Crippen LogP contribution >= 0.6 is 0 Å². The summed E-state index contributed by atoms with van der Waals surface area (Å²) >= 11 is 0. The van der Waals surface area contributed by atoms with Gasteiger partial charge in [0.15, 0.2) is 0 Å². The number of anilines is 2. The van der Waals surface area contributed by atoms with Crippen LogP contribution in [0.5, 0.6) is 0 Å². The van der Waals surface area contributed by atoms with Gasteiger partial charge in [0.1, 0.15) is 17.0 Å². The van der Waals surface area contributed by atoms with Crippen LogP contribution in [-0.2, 0) is 17.1 Å². The third-order valence-electron chi connectivity index (χ3n) is 2.54. The van der Waals surface area contributed by atoms with E-state index >= 15 is 0 Å². The predicted octanol–water partition coefficient (Wildman–Crippen LogP) is 0.833. The lowest BCUT2D eigenvalue weighted by molar-refractivity contribution is 0.600. The van der Waals surface area contributed by atoms with Gasteiger partial charge in [-0.15, -0.1) is 0 Å². The molecular weight excluding hydrogens is 280 g/mol. The molecule has 2 rings (SSSR count). The van der Waals surface area contributed by atoms with Crippen molar-refractivity contribution in [3.63, 3.8) is 0 Å². The van der Waals surface area contributed by atoms with Gasteiger partial charge in [0.2, 0.25) is 5.95 Å². The average molecular weight is 296 g/mol. The molecule has 8 nitrogen and oxygen atoms in total. The maximum Gasteiger partial charge on any atom is 0.267 e. The van der Waals surface area contributed by atoms with Gasteiger partial charge in [-0.25, -0.2) is 22.8 Å². The first-order chi connectivity index (χ1) is 9.54. The van der Waals surface area contributed by atoms with Crippen LogP contribution in [-0.4, -0.2) is 34.7 Å². The van der Waals surface area contributed by atoms with Gasteiger partial charge in [0, 0.05) is 19.8 Å². The van der Waals surface area contributed by atoms with E-state index in [4.69, 9.17) is 0 Å². The molecule has 20 heavy (non-hydrogen) atoms. The van der Waals surface area contributed by atoms with Gasteiger partial charge in [-0.3, -0.25) is 0 Å². The summed E-state index contributed by atoms with van der Waals surface area (Å²) in [5.41, 5.74) is 0. The summed E-state index contributed by atoms with van der Waals surface area (Å²) in [5, 5.41) is 6.80. The number of nitrogens with one attached hydrogen (secondary N) is 2. The lowest BCUT2D eigenvalue weighted by Crippen LogP contribution is -2.18. The molecule has 0 radical (unpaired) electrons. The molecule has 0 aliphatic heterocycles. The van der Waals surface area contributed by atoms with E-state index in [9.17, 15) is 8.42 Å². The Labute approximate surface area is 117 Å². The van der Waals surface area contributed by atoms with Crippen molar-refractivity contribution in [2.75, 3.05) is 16.6 Å². The molecule has 0 atom stereocenters. The fourth-order valence-electron chi connectivity index (χ4n) is 1.55. The highest BCUT2D eigenvalue weighted by Crippen LogP contribution is 2.20. The Morgan fingerprint density at radius 1 is 1.35 bits per heavy atom. The summed E-state index contributed by atoms with van der Waals surface area (Å²) in [4.78, 5) is 7.98. The van der Waals surface area contributed by atoms with E-state index in [-0.39, 0.29) is 10.8 Å². The molecule has 0 spiro atoms. The zero-order valence-corrected chi connectivity index (χ0v) is 12.1. The number of hydrogen-bond donors (Lipinski definition) is 2. The van der Waals surface area contributed by atoms with Crippen LogP contribution in [0.15, 0.2) is 29.6 Å². The second-order valence-corrected chi connectivity index (χ2v) is 5.74. The zero-order valence-electron chi connectivity index (χ0n) is 11.2. The van der Waals surface area contributed by atoms with Crippen molar-refractivity contribution in [1.82, 2.24) is 19.7 Å². The van der Waals surface area contributed by atoms with Crippen molar-refractivity contribution < 1.29 is 8.42 Å². The van der Waals surface area contributed by atoms with Crippen LogP contribution < -0.4 is 10.0 Å². The SMILES string of the molecule is CCCNc1ncccc1S(=O)(=O)Nc1ncnn1C. The summed E-state index contributed by atoms with van der Waals surface area (Å²) in [6, 6.07) is 3.06. The average Bonchev–Trinajstić information content (AvgIpc) is 2.81. The smallest absolute Gasteiger partial charge is 0.267 e. The topological polar surface area (TPSA) is 102 Å². The minimum atomic E-state index is -3.77. The molecule has 108 valence electrons. The standard InChI is InChI=1S/C11H16N6O2S/c1-3-6-12-10-9(5-4-7-13-10)20(18,19)16-11-14-8-15-17(11)2/h4-5,7-8H,3,6H2,1-2H3,(H,12,13)(H,14,15,16). The normalized spacial score (nSPS) is 11.3. The zero-order chi connectivity index (χ0) is 14.6. The third-order valence-corrected chi connectivity index (χ3v) is 3.90. The summed E-state index contributed by atoms with van der Waals surface area (Å²) in [6.45, 7) is 2.63. The van der Waals surface area contributed by atoms with Crippen LogP contribution in [0.25, 0.3) is 0 Å². The van der Waals surface area contributed by atoms with E-state index < -0.39 is 10.0 Å². The maximum atomic E-state index is 12.4. The second-order valence-electron chi connectivity index (χ2n) is 4.09. The van der Waals surface area contributed by atoms with Gasteiger partial charge in [-0.05, 0) is 18.6 Å². The van der Waals surface area contributed by atoms with E-state index in [1.165, 1.54) is 17.1 Å². The Hall–Kier alpha value is -2.16. The molecule has 0 saturated heterocycles. The molecule has 0 bridgehead atoms. The van der Waals surface area contributed by atoms with Crippen LogP contribution in [0.2, 0.25) is 0 Å². The van der Waals surface area contributed by atoms with Crippen molar-refractivity contribution in [3.05, 3.63) is 24.7 Å². The van der Waals surface area contributed by atoms with Gasteiger partial charge in [-0.2, -0.15) is 10.1 Å². The van der Waals surface area contributed by atoms with Crippen molar-refractivity contribution in [1.29, 1.82) is 0 Å². The highest BCUT2D eigenvalue weighted by atomic mass is 32.2. The maximum absolute atomic E-state index is 12.4. The number of aromatic nitrogens is 4. The van der Waals surface area contributed by atoms with Crippen molar-refractivity contribution in [2.24, 2.45) is 7.05 Å². The van der Waals surface area contributed by atoms with Crippen LogP contribution in [0.1, 0.15) is 13.3 Å². The fourth-order valence-corrected chi connectivity index (χ4v) is 2.72. The first-order valence-corrected chi connectivity index (χ1v) is 7.58. The molecule has 0 amide bonds. The highest BCUT2D eigenvalue weighted by Gasteiger charge is 2.21. The summed E-state index contributed by atoms with van der Waals surface area (Å²) < 4.78 is 28.4. The molecule has 0 unspecified atom stereocenters. The Balaban J connectivity index is 2.32. The molecule has 0 aliphatic carbocycles. The minimum Gasteiger partial charge on any atom is -0.369 e. The van der Waals surface area contributed by atoms with E-state index in [1.807, 2.05) is 6.92 Å². The van der Waals surface area contributed by atoms with Crippen LogP contribution in [0.3, 0.4) is 0 Å². The molecule has 2 aromatic rings. The predicted molar refractivity (Wildman–Crippen MR) is 74.8 cm³/mol. The van der Waals surface area contributed by atoms with Gasteiger partial charge < -0.3 is 5.32 Å². The van der Waals surface area contributed by atoms with E-state index in [1.54, 1.807) is 19.3 Å². The molecular formula is C11H16N6O2S. The molecule has 2 aromatic heterocycles. The molecule has 9 heteroatoms. The minimum absolute atomic E-state index is 0.0800. The molecule has 2 heterocycles. The molecule has 2 N–H and O–H groups in total. The van der Waals surface area contributed by atoms with Crippen LogP contribution in [0, 0.1) is 0 Å². The number of rotatable bonds is 6. The quantitative estimate of drug-likeness (QED) is 0.818. The van der Waals surface area contributed by atoms with E-state index in [0.717, 1.165) is 6.42 Å². The Morgan fingerprint density at radius 3 is 2.80 bits per heavy atom. The Morgan fingerprint density at radius 2 is 2.15 bits per heavy atom. The first kappa shape index (κ1) is 14.3. The number of aryl methyl sites for hydroxylation is 1. The number of hydrogen-bond acceptors (Lipinski definition) is 6. The van der Waals surface area contributed by atoms with Gasteiger partial charge in [0.05, 0.1) is 0 Å². The van der Waals surface area contributed by atoms with E-state index in [2.05, 4.69) is 25.1 Å². The fraction of sp³-hybridized carbons (Fsp3) is 0.364. The van der Waals surface area contributed by atoms with Crippen LogP contribution in [0.4, 0.5) is 11.8 Å². The molecule has 0 saturated carbocycles. The van der Waals surface area contributed by atoms with E-state index in [0.29, 0.717) is 12.4 Å². The highest BCUT2D eigenvalue weighted by molar-refractivity contribution is 7.92. The second kappa shape index (κ2) is 5.87. The lowest BCUT2D eigenvalue weighted by Gasteiger charge is -2.11. The van der Waals surface area contributed by atoms with Gasteiger partial charge in [0.25, 0.3) is 10.0 Å². The Bertz CT molecular complexity index is 682.